The highest BCUT2D eigenvalue weighted by Gasteiger charge is 2.17. The summed E-state index contributed by atoms with van der Waals surface area (Å²) in [7, 11) is 1.36. The maximum atomic E-state index is 12.1. The number of aryl methyl sites for hydroxylation is 1. The lowest BCUT2D eigenvalue weighted by molar-refractivity contribution is 0.0600. The molecule has 0 aliphatic rings. The summed E-state index contributed by atoms with van der Waals surface area (Å²) < 4.78 is 6.84. The number of esters is 1. The topological polar surface area (TPSA) is 85.6 Å². The molecule has 2 aromatic heterocycles. The molecule has 0 aliphatic heterocycles. The fourth-order valence-corrected chi connectivity index (χ4v) is 2.96. The molecule has 1 aromatic carbocycles. The van der Waals surface area contributed by atoms with Gasteiger partial charge >= 0.3 is 5.97 Å². The zero-order valence-electron chi connectivity index (χ0n) is 15.8. The summed E-state index contributed by atoms with van der Waals surface area (Å²) in [6, 6.07) is 12.5. The molecule has 2 heterocycles. The van der Waals surface area contributed by atoms with E-state index in [2.05, 4.69) is 15.5 Å². The van der Waals surface area contributed by atoms with Crippen molar-refractivity contribution in [2.45, 2.75) is 13.8 Å². The zero-order valence-corrected chi connectivity index (χ0v) is 15.8. The smallest absolute Gasteiger partial charge is 0.339 e. The third-order valence-electron chi connectivity index (χ3n) is 4.31. The Hall–Kier alpha value is -3.74. The highest BCUT2D eigenvalue weighted by Crippen LogP contribution is 2.23. The average molecular weight is 376 g/mol. The standard InChI is InChI=1S/C21H20N4O3/c1-14-11-17(13-23-24-20(26)16-7-6-10-22-12-16)15(2)25(14)19-9-5-4-8-18(19)21(27)28-3/h4-13H,1-3H3,(H,24,26)/b23-13-. The van der Waals surface area contributed by atoms with E-state index >= 15 is 0 Å². The minimum Gasteiger partial charge on any atom is -0.465 e. The van der Waals surface area contributed by atoms with Crippen molar-refractivity contribution in [2.24, 2.45) is 5.10 Å². The van der Waals surface area contributed by atoms with Crippen LogP contribution in [0.25, 0.3) is 5.69 Å². The average Bonchev–Trinajstić information content (AvgIpc) is 3.01. The van der Waals surface area contributed by atoms with E-state index in [4.69, 9.17) is 4.74 Å². The van der Waals surface area contributed by atoms with Crippen molar-refractivity contribution in [3.8, 4) is 5.69 Å². The van der Waals surface area contributed by atoms with E-state index in [9.17, 15) is 9.59 Å². The van der Waals surface area contributed by atoms with Crippen LogP contribution in [0.4, 0.5) is 0 Å². The lowest BCUT2D eigenvalue weighted by Gasteiger charge is -2.13. The number of carbonyl (C=O) groups is 2. The number of amides is 1. The van der Waals surface area contributed by atoms with Crippen molar-refractivity contribution in [3.63, 3.8) is 0 Å². The van der Waals surface area contributed by atoms with Gasteiger partial charge < -0.3 is 9.30 Å². The minimum absolute atomic E-state index is 0.339. The van der Waals surface area contributed by atoms with Crippen LogP contribution in [-0.2, 0) is 4.74 Å². The van der Waals surface area contributed by atoms with E-state index in [-0.39, 0.29) is 5.91 Å². The number of benzene rings is 1. The van der Waals surface area contributed by atoms with Crippen LogP contribution in [0.5, 0.6) is 0 Å². The Kier molecular flexibility index (Phi) is 5.64. The number of hydrazone groups is 1. The van der Waals surface area contributed by atoms with Crippen LogP contribution < -0.4 is 5.43 Å². The Morgan fingerprint density at radius 1 is 1.18 bits per heavy atom. The molecule has 0 unspecified atom stereocenters. The van der Waals surface area contributed by atoms with Crippen LogP contribution >= 0.6 is 0 Å². The highest BCUT2D eigenvalue weighted by molar-refractivity contribution is 5.95. The van der Waals surface area contributed by atoms with Crippen molar-refractivity contribution in [1.82, 2.24) is 15.0 Å². The van der Waals surface area contributed by atoms with Crippen LogP contribution in [0.15, 0.2) is 60.0 Å². The van der Waals surface area contributed by atoms with Gasteiger partial charge in [0.1, 0.15) is 0 Å². The van der Waals surface area contributed by atoms with Crippen molar-refractivity contribution in [2.75, 3.05) is 7.11 Å². The first kappa shape index (κ1) is 19.0. The molecule has 0 fully saturated rings. The zero-order chi connectivity index (χ0) is 20.1. The van der Waals surface area contributed by atoms with Gasteiger partial charge in [-0.15, -0.1) is 0 Å². The van der Waals surface area contributed by atoms with E-state index in [1.54, 1.807) is 36.7 Å². The fraction of sp³-hybridized carbons (Fsp3) is 0.143. The summed E-state index contributed by atoms with van der Waals surface area (Å²) in [4.78, 5) is 28.1. The van der Waals surface area contributed by atoms with Gasteiger partial charge in [-0.05, 0) is 44.2 Å². The largest absolute Gasteiger partial charge is 0.465 e. The molecule has 7 nitrogen and oxygen atoms in total. The fourth-order valence-electron chi connectivity index (χ4n) is 2.96. The lowest BCUT2D eigenvalue weighted by Crippen LogP contribution is -2.17. The Bertz CT molecular complexity index is 1040. The second-order valence-corrected chi connectivity index (χ2v) is 6.11. The molecule has 0 saturated carbocycles. The summed E-state index contributed by atoms with van der Waals surface area (Å²) in [6.45, 7) is 3.86. The number of pyridine rings is 1. The number of hydrogen-bond donors (Lipinski definition) is 1. The minimum atomic E-state index is -0.401. The highest BCUT2D eigenvalue weighted by atomic mass is 16.5. The molecular formula is C21H20N4O3. The van der Waals surface area contributed by atoms with Crippen molar-refractivity contribution < 1.29 is 14.3 Å². The van der Waals surface area contributed by atoms with Gasteiger partial charge in [0.25, 0.3) is 5.91 Å². The van der Waals surface area contributed by atoms with Gasteiger partial charge in [0, 0.05) is 29.3 Å². The molecule has 142 valence electrons. The summed E-state index contributed by atoms with van der Waals surface area (Å²) in [6.07, 6.45) is 4.65. The van der Waals surface area contributed by atoms with Crippen molar-refractivity contribution in [3.05, 3.63) is 82.9 Å². The van der Waals surface area contributed by atoms with Gasteiger partial charge in [0.2, 0.25) is 0 Å². The Morgan fingerprint density at radius 3 is 2.68 bits per heavy atom. The Labute approximate surface area is 162 Å². The molecule has 7 heteroatoms. The first-order valence-electron chi connectivity index (χ1n) is 8.63. The van der Waals surface area contributed by atoms with Crippen LogP contribution in [0.2, 0.25) is 0 Å². The number of carbonyl (C=O) groups excluding carboxylic acids is 2. The summed E-state index contributed by atoms with van der Waals surface area (Å²) in [5, 5.41) is 4.04. The SMILES string of the molecule is COC(=O)c1ccccc1-n1c(C)cc(/C=N\NC(=O)c2cccnc2)c1C. The van der Waals surface area contributed by atoms with Crippen LogP contribution in [0, 0.1) is 13.8 Å². The third kappa shape index (κ3) is 3.83. The van der Waals surface area contributed by atoms with Gasteiger partial charge in [0.15, 0.2) is 0 Å². The number of nitrogens with one attached hydrogen (secondary N) is 1. The molecule has 0 atom stereocenters. The number of methoxy groups -OCH3 is 1. The number of rotatable bonds is 5. The van der Waals surface area contributed by atoms with E-state index in [1.165, 1.54) is 13.3 Å². The molecule has 0 radical (unpaired) electrons. The molecule has 1 amide bonds. The number of hydrogen-bond acceptors (Lipinski definition) is 5. The van der Waals surface area contributed by atoms with Crippen molar-refractivity contribution >= 4 is 18.1 Å². The van der Waals surface area contributed by atoms with Crippen LogP contribution in [0.3, 0.4) is 0 Å². The van der Waals surface area contributed by atoms with E-state index in [0.29, 0.717) is 11.1 Å². The van der Waals surface area contributed by atoms with E-state index in [0.717, 1.165) is 22.6 Å². The number of ether oxygens (including phenoxy) is 1. The van der Waals surface area contributed by atoms with E-state index < -0.39 is 5.97 Å². The first-order valence-corrected chi connectivity index (χ1v) is 8.63. The Morgan fingerprint density at radius 2 is 1.96 bits per heavy atom. The van der Waals surface area contributed by atoms with E-state index in [1.807, 2.05) is 36.6 Å². The third-order valence-corrected chi connectivity index (χ3v) is 4.31. The predicted molar refractivity (Wildman–Crippen MR) is 106 cm³/mol. The van der Waals surface area contributed by atoms with Gasteiger partial charge in [-0.25, -0.2) is 10.2 Å². The molecule has 0 bridgehead atoms. The first-order chi connectivity index (χ1) is 13.5. The molecular weight excluding hydrogens is 356 g/mol. The van der Waals surface area contributed by atoms with Gasteiger partial charge in [-0.2, -0.15) is 5.10 Å². The predicted octanol–water partition coefficient (Wildman–Crippen LogP) is 3.04. The summed E-state index contributed by atoms with van der Waals surface area (Å²) in [5.74, 6) is -0.740. The Balaban J connectivity index is 1.87. The number of para-hydroxylation sites is 1. The lowest BCUT2D eigenvalue weighted by atomic mass is 10.1. The molecule has 0 aliphatic carbocycles. The molecule has 3 rings (SSSR count). The van der Waals surface area contributed by atoms with Gasteiger partial charge in [-0.3, -0.25) is 9.78 Å². The van der Waals surface area contributed by atoms with Crippen LogP contribution in [0.1, 0.15) is 37.7 Å². The molecule has 28 heavy (non-hydrogen) atoms. The molecule has 3 aromatic rings. The maximum Gasteiger partial charge on any atom is 0.339 e. The normalized spacial score (nSPS) is 10.8. The monoisotopic (exact) mass is 376 g/mol. The second-order valence-electron chi connectivity index (χ2n) is 6.11. The van der Waals surface area contributed by atoms with Gasteiger partial charge in [-0.1, -0.05) is 12.1 Å². The molecule has 0 saturated heterocycles. The van der Waals surface area contributed by atoms with Crippen molar-refractivity contribution in [1.29, 1.82) is 0 Å². The van der Waals surface area contributed by atoms with Crippen LogP contribution in [-0.4, -0.2) is 34.8 Å². The maximum absolute atomic E-state index is 12.1. The van der Waals surface area contributed by atoms with Gasteiger partial charge in [0.05, 0.1) is 30.1 Å². The molecule has 0 spiro atoms. The summed E-state index contributed by atoms with van der Waals surface area (Å²) in [5.41, 5.74) is 6.75. The number of aromatic nitrogens is 2. The quantitative estimate of drug-likeness (QED) is 0.421. The summed E-state index contributed by atoms with van der Waals surface area (Å²) >= 11 is 0. The molecule has 1 N–H and O–H groups in total. The number of nitrogens with zero attached hydrogens (tertiary/aromatic N) is 3. The second kappa shape index (κ2) is 8.30.